The number of rotatable bonds is 7. The lowest BCUT2D eigenvalue weighted by Crippen LogP contribution is -2.44. The van der Waals surface area contributed by atoms with E-state index in [1.165, 1.54) is 27.8 Å². The Morgan fingerprint density at radius 1 is 1.17 bits per heavy atom. The third-order valence-electron chi connectivity index (χ3n) is 6.04. The van der Waals surface area contributed by atoms with Gasteiger partial charge in [-0.3, -0.25) is 19.0 Å². The zero-order valence-corrected chi connectivity index (χ0v) is 21.4. The molecule has 0 unspecified atom stereocenters. The Balaban J connectivity index is 1.46. The van der Waals surface area contributed by atoms with Gasteiger partial charge in [0, 0.05) is 24.8 Å². The number of benzene rings is 1. The van der Waals surface area contributed by atoms with Crippen LogP contribution < -0.4 is 21.1 Å². The first-order valence-corrected chi connectivity index (χ1v) is 12.8. The van der Waals surface area contributed by atoms with Gasteiger partial charge < -0.3 is 15.5 Å². The van der Waals surface area contributed by atoms with Gasteiger partial charge in [-0.25, -0.2) is 4.98 Å². The molecule has 0 spiro atoms. The quantitative estimate of drug-likeness (QED) is 0.519. The largest absolute Gasteiger partial charge is 0.354 e. The van der Waals surface area contributed by atoms with E-state index in [0.29, 0.717) is 33.6 Å². The highest BCUT2D eigenvalue weighted by atomic mass is 32.1. The number of anilines is 2. The number of carbonyl (C=O) groups excluding carboxylic acids is 2. The van der Waals surface area contributed by atoms with Gasteiger partial charge in [-0.2, -0.15) is 4.98 Å². The minimum Gasteiger partial charge on any atom is -0.354 e. The molecular formula is C25H32N6O3S. The summed E-state index contributed by atoms with van der Waals surface area (Å²) in [6, 6.07) is 7.78. The van der Waals surface area contributed by atoms with E-state index in [4.69, 9.17) is 0 Å². The van der Waals surface area contributed by atoms with Crippen molar-refractivity contribution in [2.24, 2.45) is 5.92 Å². The third-order valence-corrected chi connectivity index (χ3v) is 7.13. The SMILES string of the molecule is CC(C)NC(=O)[C@H]1CCCN(c2nc3ncn(CC(=O)Nc4ccc(C(C)C)cc4)c(=O)c3s2)C1. The van der Waals surface area contributed by atoms with Gasteiger partial charge in [0.15, 0.2) is 10.8 Å². The van der Waals surface area contributed by atoms with Gasteiger partial charge in [0.25, 0.3) is 5.56 Å². The highest BCUT2D eigenvalue weighted by molar-refractivity contribution is 7.22. The van der Waals surface area contributed by atoms with Crippen molar-refractivity contribution in [3.63, 3.8) is 0 Å². The van der Waals surface area contributed by atoms with Crippen molar-refractivity contribution >= 4 is 44.3 Å². The molecule has 1 fully saturated rings. The molecule has 0 radical (unpaired) electrons. The van der Waals surface area contributed by atoms with Gasteiger partial charge in [-0.1, -0.05) is 37.3 Å². The van der Waals surface area contributed by atoms with Crippen LogP contribution in [0.25, 0.3) is 10.3 Å². The van der Waals surface area contributed by atoms with E-state index in [0.717, 1.165) is 19.4 Å². The lowest BCUT2D eigenvalue weighted by atomic mass is 9.97. The Bertz CT molecular complexity index is 1260. The fourth-order valence-electron chi connectivity index (χ4n) is 4.16. The molecule has 1 aromatic carbocycles. The van der Waals surface area contributed by atoms with Gasteiger partial charge in [0.1, 0.15) is 17.6 Å². The molecule has 2 amide bonds. The van der Waals surface area contributed by atoms with E-state index in [9.17, 15) is 14.4 Å². The van der Waals surface area contributed by atoms with E-state index in [-0.39, 0.29) is 35.9 Å². The summed E-state index contributed by atoms with van der Waals surface area (Å²) in [5.74, 6) is 0.0518. The third kappa shape index (κ3) is 5.87. The van der Waals surface area contributed by atoms with Crippen molar-refractivity contribution in [2.75, 3.05) is 23.3 Å². The fourth-order valence-corrected chi connectivity index (χ4v) is 5.16. The molecule has 186 valence electrons. The van der Waals surface area contributed by atoms with Crippen LogP contribution in [0, 0.1) is 5.92 Å². The van der Waals surface area contributed by atoms with Crippen LogP contribution in [-0.4, -0.2) is 45.5 Å². The molecule has 9 nitrogen and oxygen atoms in total. The van der Waals surface area contributed by atoms with E-state index < -0.39 is 0 Å². The smallest absolute Gasteiger partial charge is 0.273 e. The Labute approximate surface area is 208 Å². The van der Waals surface area contributed by atoms with Crippen LogP contribution in [0.4, 0.5) is 10.8 Å². The zero-order chi connectivity index (χ0) is 25.1. The van der Waals surface area contributed by atoms with Gasteiger partial charge in [-0.15, -0.1) is 0 Å². The molecule has 10 heteroatoms. The van der Waals surface area contributed by atoms with Gasteiger partial charge in [-0.05, 0) is 50.3 Å². The highest BCUT2D eigenvalue weighted by Crippen LogP contribution is 2.29. The van der Waals surface area contributed by atoms with Crippen LogP contribution in [0.2, 0.25) is 0 Å². The maximum atomic E-state index is 13.1. The first kappa shape index (κ1) is 24.8. The molecule has 1 aliphatic rings. The van der Waals surface area contributed by atoms with E-state index >= 15 is 0 Å². The second-order valence-corrected chi connectivity index (χ2v) is 10.6. The number of hydrogen-bond donors (Lipinski definition) is 2. The first-order chi connectivity index (χ1) is 16.7. The Morgan fingerprint density at radius 2 is 1.91 bits per heavy atom. The van der Waals surface area contributed by atoms with Crippen LogP contribution >= 0.6 is 11.3 Å². The lowest BCUT2D eigenvalue weighted by Gasteiger charge is -2.32. The summed E-state index contributed by atoms with van der Waals surface area (Å²) in [6.45, 7) is 9.32. The monoisotopic (exact) mass is 496 g/mol. The molecule has 2 aromatic heterocycles. The predicted molar refractivity (Wildman–Crippen MR) is 139 cm³/mol. The number of nitrogens with one attached hydrogen (secondary N) is 2. The number of fused-ring (bicyclic) bond motifs is 1. The average Bonchev–Trinajstić information content (AvgIpc) is 3.26. The van der Waals surface area contributed by atoms with Crippen molar-refractivity contribution in [3.05, 3.63) is 46.5 Å². The van der Waals surface area contributed by atoms with E-state index in [1.54, 1.807) is 0 Å². The number of piperidine rings is 1. The first-order valence-electron chi connectivity index (χ1n) is 12.0. The van der Waals surface area contributed by atoms with Crippen LogP contribution in [0.5, 0.6) is 0 Å². The second kappa shape index (κ2) is 10.6. The molecule has 35 heavy (non-hydrogen) atoms. The Kier molecular flexibility index (Phi) is 7.49. The molecule has 0 aliphatic carbocycles. The summed E-state index contributed by atoms with van der Waals surface area (Å²) in [6.07, 6.45) is 3.08. The summed E-state index contributed by atoms with van der Waals surface area (Å²) in [5, 5.41) is 6.50. The van der Waals surface area contributed by atoms with Crippen LogP contribution in [0.3, 0.4) is 0 Å². The fraction of sp³-hybridized carbons (Fsp3) is 0.480. The summed E-state index contributed by atoms with van der Waals surface area (Å²) in [5.41, 5.74) is 1.94. The maximum absolute atomic E-state index is 13.1. The minimum atomic E-state index is -0.301. The van der Waals surface area contributed by atoms with Crippen molar-refractivity contribution in [2.45, 2.75) is 59.0 Å². The highest BCUT2D eigenvalue weighted by Gasteiger charge is 2.28. The molecule has 1 saturated heterocycles. The van der Waals surface area contributed by atoms with Crippen LogP contribution in [0.15, 0.2) is 35.4 Å². The second-order valence-electron chi connectivity index (χ2n) is 9.60. The molecule has 0 saturated carbocycles. The van der Waals surface area contributed by atoms with Crippen molar-refractivity contribution in [1.82, 2.24) is 19.9 Å². The van der Waals surface area contributed by atoms with Crippen molar-refractivity contribution in [1.29, 1.82) is 0 Å². The molecule has 1 aliphatic heterocycles. The molecule has 3 heterocycles. The number of carbonyl (C=O) groups is 2. The molecule has 2 N–H and O–H groups in total. The maximum Gasteiger partial charge on any atom is 0.273 e. The topological polar surface area (TPSA) is 109 Å². The lowest BCUT2D eigenvalue weighted by molar-refractivity contribution is -0.125. The Morgan fingerprint density at radius 3 is 2.60 bits per heavy atom. The van der Waals surface area contributed by atoms with Gasteiger partial charge >= 0.3 is 0 Å². The number of nitrogens with zero attached hydrogens (tertiary/aromatic N) is 4. The summed E-state index contributed by atoms with van der Waals surface area (Å²) in [4.78, 5) is 49.0. The average molecular weight is 497 g/mol. The van der Waals surface area contributed by atoms with Crippen molar-refractivity contribution < 1.29 is 9.59 Å². The normalized spacial score (nSPS) is 16.2. The number of hydrogen-bond acceptors (Lipinski definition) is 7. The van der Waals surface area contributed by atoms with Crippen LogP contribution in [-0.2, 0) is 16.1 Å². The van der Waals surface area contributed by atoms with Gasteiger partial charge in [0.05, 0.1) is 5.92 Å². The predicted octanol–water partition coefficient (Wildman–Crippen LogP) is 3.36. The standard InChI is InChI=1S/C25H32N6O3S/c1-15(2)17-7-9-19(10-8-17)28-20(32)13-31-14-26-22-21(24(31)34)35-25(29-22)30-11-5-6-18(12-30)23(33)27-16(3)4/h7-10,14-16,18H,5-6,11-13H2,1-4H3,(H,27,33)(H,28,32)/t18-/m0/s1. The molecule has 1 atom stereocenters. The number of amides is 2. The van der Waals surface area contributed by atoms with Crippen molar-refractivity contribution in [3.8, 4) is 0 Å². The molecule has 3 aromatic rings. The summed E-state index contributed by atoms with van der Waals surface area (Å²) >= 11 is 1.26. The summed E-state index contributed by atoms with van der Waals surface area (Å²) < 4.78 is 1.71. The van der Waals surface area contributed by atoms with E-state index in [2.05, 4.69) is 39.3 Å². The van der Waals surface area contributed by atoms with Gasteiger partial charge in [0.2, 0.25) is 11.8 Å². The van der Waals surface area contributed by atoms with Crippen LogP contribution in [0.1, 0.15) is 52.0 Å². The summed E-state index contributed by atoms with van der Waals surface area (Å²) in [7, 11) is 0. The molecule has 0 bridgehead atoms. The van der Waals surface area contributed by atoms with E-state index in [1.807, 2.05) is 38.1 Å². The number of aromatic nitrogens is 3. The zero-order valence-electron chi connectivity index (χ0n) is 20.6. The molecule has 4 rings (SSSR count). The minimum absolute atomic E-state index is 0.0520. The molecular weight excluding hydrogens is 464 g/mol. The Hall–Kier alpha value is -3.27. The number of thiazole rings is 1.